The van der Waals surface area contributed by atoms with Crippen LogP contribution in [0.2, 0.25) is 0 Å². The van der Waals surface area contributed by atoms with Gasteiger partial charge >= 0.3 is 0 Å². The maximum Gasteiger partial charge on any atom is 0.137 e. The lowest BCUT2D eigenvalue weighted by Crippen LogP contribution is -2.12. The molecule has 0 fully saturated rings. The van der Waals surface area contributed by atoms with Crippen LogP contribution in [0.15, 0.2) is 28.9 Å². The fourth-order valence-corrected chi connectivity index (χ4v) is 2.84. The van der Waals surface area contributed by atoms with Crippen molar-refractivity contribution < 1.29 is 9.13 Å². The lowest BCUT2D eigenvalue weighted by molar-refractivity contribution is 0.0254. The Morgan fingerprint density at radius 2 is 2.37 bits per heavy atom. The topological polar surface area (TPSA) is 37.9 Å². The Kier molecular flexibility index (Phi) is 3.66. The summed E-state index contributed by atoms with van der Waals surface area (Å²) in [4.78, 5) is 0. The zero-order chi connectivity index (χ0) is 13.2. The first-order valence-corrected chi connectivity index (χ1v) is 7.11. The smallest absolute Gasteiger partial charge is 0.137 e. The van der Waals surface area contributed by atoms with Crippen LogP contribution in [0.1, 0.15) is 35.8 Å². The van der Waals surface area contributed by atoms with E-state index < -0.39 is 0 Å². The molecule has 1 unspecified atom stereocenters. The van der Waals surface area contributed by atoms with Crippen LogP contribution in [0, 0.1) is 5.82 Å². The van der Waals surface area contributed by atoms with Crippen molar-refractivity contribution in [3.05, 3.63) is 51.5 Å². The maximum atomic E-state index is 13.1. The van der Waals surface area contributed by atoms with Gasteiger partial charge in [-0.25, -0.2) is 4.39 Å². The molecule has 0 amide bonds. The van der Waals surface area contributed by atoms with Crippen LogP contribution in [0.5, 0.6) is 0 Å². The summed E-state index contributed by atoms with van der Waals surface area (Å²) < 4.78 is 19.6. The van der Waals surface area contributed by atoms with Gasteiger partial charge in [0.25, 0.3) is 0 Å². The molecular weight excluding hydrogens is 311 g/mol. The van der Waals surface area contributed by atoms with Gasteiger partial charge < -0.3 is 4.74 Å². The molecule has 2 aromatic rings. The molecule has 1 aliphatic rings. The average molecular weight is 325 g/mol. The molecule has 0 bridgehead atoms. The van der Waals surface area contributed by atoms with Gasteiger partial charge in [0.1, 0.15) is 5.82 Å². The van der Waals surface area contributed by atoms with E-state index in [-0.39, 0.29) is 11.9 Å². The molecule has 1 aromatic heterocycles. The summed E-state index contributed by atoms with van der Waals surface area (Å²) in [7, 11) is 0. The number of H-pyrrole nitrogens is 1. The van der Waals surface area contributed by atoms with E-state index in [0.717, 1.165) is 30.5 Å². The number of aromatic nitrogens is 2. The standard InChI is InChI=1S/C14H14BrFN2O/c15-11-6-9(4-5-12(11)16)8-19-13-3-1-2-10-7-17-18-14(10)13/h4-7,13H,1-3,8H2,(H,17,18). The van der Waals surface area contributed by atoms with Gasteiger partial charge in [0.05, 0.1) is 29.1 Å². The summed E-state index contributed by atoms with van der Waals surface area (Å²) in [6, 6.07) is 4.95. The van der Waals surface area contributed by atoms with E-state index >= 15 is 0 Å². The summed E-state index contributed by atoms with van der Waals surface area (Å²) in [6.07, 6.45) is 5.12. The number of aromatic amines is 1. The second-order valence-corrected chi connectivity index (χ2v) is 5.60. The van der Waals surface area contributed by atoms with Crippen molar-refractivity contribution in [3.63, 3.8) is 0 Å². The van der Waals surface area contributed by atoms with E-state index in [1.54, 1.807) is 12.1 Å². The molecule has 0 saturated carbocycles. The molecule has 1 atom stereocenters. The van der Waals surface area contributed by atoms with Gasteiger partial charge in [-0.15, -0.1) is 0 Å². The Labute approximate surface area is 119 Å². The molecule has 3 rings (SSSR count). The van der Waals surface area contributed by atoms with Crippen molar-refractivity contribution in [2.45, 2.75) is 32.0 Å². The third-order valence-electron chi connectivity index (χ3n) is 3.42. The highest BCUT2D eigenvalue weighted by molar-refractivity contribution is 9.10. The largest absolute Gasteiger partial charge is 0.367 e. The normalized spacial score (nSPS) is 18.3. The minimum atomic E-state index is -0.253. The molecule has 0 aliphatic heterocycles. The second kappa shape index (κ2) is 5.43. The molecule has 19 heavy (non-hydrogen) atoms. The molecule has 0 radical (unpaired) electrons. The van der Waals surface area contributed by atoms with Crippen LogP contribution >= 0.6 is 15.9 Å². The molecule has 1 heterocycles. The van der Waals surface area contributed by atoms with Gasteiger partial charge in [0.2, 0.25) is 0 Å². The van der Waals surface area contributed by atoms with Crippen molar-refractivity contribution in [1.82, 2.24) is 10.2 Å². The van der Waals surface area contributed by atoms with Crippen LogP contribution in [0.25, 0.3) is 0 Å². The number of hydrogen-bond donors (Lipinski definition) is 1. The number of ether oxygens (including phenoxy) is 1. The number of aryl methyl sites for hydroxylation is 1. The van der Waals surface area contributed by atoms with Gasteiger partial charge in [0, 0.05) is 0 Å². The monoisotopic (exact) mass is 324 g/mol. The van der Waals surface area contributed by atoms with Gasteiger partial charge in [-0.05, 0) is 58.5 Å². The van der Waals surface area contributed by atoms with Crippen LogP contribution < -0.4 is 0 Å². The summed E-state index contributed by atoms with van der Waals surface area (Å²) in [5.74, 6) is -0.253. The molecular formula is C14H14BrFN2O. The Bertz CT molecular complexity index is 585. The van der Waals surface area contributed by atoms with Crippen LogP contribution in [0.4, 0.5) is 4.39 Å². The highest BCUT2D eigenvalue weighted by atomic mass is 79.9. The van der Waals surface area contributed by atoms with E-state index in [4.69, 9.17) is 4.74 Å². The number of nitrogens with zero attached hydrogens (tertiary/aromatic N) is 1. The van der Waals surface area contributed by atoms with Crippen molar-refractivity contribution in [3.8, 4) is 0 Å². The van der Waals surface area contributed by atoms with Crippen LogP contribution in [0.3, 0.4) is 0 Å². The van der Waals surface area contributed by atoms with Gasteiger partial charge in [0.15, 0.2) is 0 Å². The number of rotatable bonds is 3. The van der Waals surface area contributed by atoms with E-state index in [9.17, 15) is 4.39 Å². The van der Waals surface area contributed by atoms with E-state index in [1.165, 1.54) is 11.6 Å². The molecule has 0 spiro atoms. The molecule has 1 aromatic carbocycles. The Morgan fingerprint density at radius 3 is 3.21 bits per heavy atom. The molecule has 5 heteroatoms. The quantitative estimate of drug-likeness (QED) is 0.929. The van der Waals surface area contributed by atoms with E-state index in [2.05, 4.69) is 26.1 Å². The molecule has 0 saturated heterocycles. The lowest BCUT2D eigenvalue weighted by Gasteiger charge is -2.22. The van der Waals surface area contributed by atoms with Crippen molar-refractivity contribution in [2.75, 3.05) is 0 Å². The Balaban J connectivity index is 1.69. The fraction of sp³-hybridized carbons (Fsp3) is 0.357. The summed E-state index contributed by atoms with van der Waals surface area (Å²) in [5.41, 5.74) is 3.30. The molecule has 3 nitrogen and oxygen atoms in total. The SMILES string of the molecule is Fc1ccc(COC2CCCc3cn[nH]c32)cc1Br. The lowest BCUT2D eigenvalue weighted by atomic mass is 9.96. The Morgan fingerprint density at radius 1 is 1.47 bits per heavy atom. The first-order chi connectivity index (χ1) is 9.24. The first kappa shape index (κ1) is 12.8. The van der Waals surface area contributed by atoms with E-state index in [1.807, 2.05) is 6.20 Å². The first-order valence-electron chi connectivity index (χ1n) is 6.31. The van der Waals surface area contributed by atoms with Crippen LogP contribution in [-0.2, 0) is 17.8 Å². The van der Waals surface area contributed by atoms with Crippen LogP contribution in [-0.4, -0.2) is 10.2 Å². The van der Waals surface area contributed by atoms with Crippen molar-refractivity contribution in [2.24, 2.45) is 0 Å². The predicted molar refractivity (Wildman–Crippen MR) is 73.2 cm³/mol. The zero-order valence-corrected chi connectivity index (χ0v) is 11.9. The van der Waals surface area contributed by atoms with Gasteiger partial charge in [-0.1, -0.05) is 6.07 Å². The minimum Gasteiger partial charge on any atom is -0.367 e. The van der Waals surface area contributed by atoms with E-state index in [0.29, 0.717) is 11.1 Å². The number of fused-ring (bicyclic) bond motifs is 1. The molecule has 1 aliphatic carbocycles. The summed E-state index contributed by atoms with van der Waals surface area (Å²) in [5, 5.41) is 7.09. The fourth-order valence-electron chi connectivity index (χ4n) is 2.41. The highest BCUT2D eigenvalue weighted by Crippen LogP contribution is 2.31. The third-order valence-corrected chi connectivity index (χ3v) is 4.03. The Hall–Kier alpha value is -1.20. The molecule has 100 valence electrons. The predicted octanol–water partition coefficient (Wildman–Crippen LogP) is 3.91. The number of halogens is 2. The number of benzene rings is 1. The third kappa shape index (κ3) is 2.72. The summed E-state index contributed by atoms with van der Waals surface area (Å²) >= 11 is 3.18. The minimum absolute atomic E-state index is 0.0649. The molecule has 1 N–H and O–H groups in total. The summed E-state index contributed by atoms with van der Waals surface area (Å²) in [6.45, 7) is 0.474. The maximum absolute atomic E-state index is 13.1. The van der Waals surface area contributed by atoms with Gasteiger partial charge in [-0.2, -0.15) is 5.10 Å². The number of hydrogen-bond acceptors (Lipinski definition) is 2. The highest BCUT2D eigenvalue weighted by Gasteiger charge is 2.22. The van der Waals surface area contributed by atoms with Gasteiger partial charge in [-0.3, -0.25) is 5.10 Å². The second-order valence-electron chi connectivity index (χ2n) is 4.75. The van der Waals surface area contributed by atoms with Crippen molar-refractivity contribution in [1.29, 1.82) is 0 Å². The zero-order valence-electron chi connectivity index (χ0n) is 10.3. The average Bonchev–Trinajstić information content (AvgIpc) is 2.89. The van der Waals surface area contributed by atoms with Crippen molar-refractivity contribution >= 4 is 15.9 Å². The number of nitrogens with one attached hydrogen (secondary N) is 1.